The molecule has 1 fully saturated rings. The number of hydrogen-bond donors (Lipinski definition) is 3. The molecule has 8 nitrogen and oxygen atoms in total. The highest BCUT2D eigenvalue weighted by molar-refractivity contribution is 5.93. The van der Waals surface area contributed by atoms with Crippen LogP contribution in [0.25, 0.3) is 0 Å². The van der Waals surface area contributed by atoms with Crippen molar-refractivity contribution in [3.05, 3.63) is 35.4 Å². The van der Waals surface area contributed by atoms with Crippen LogP contribution in [0.15, 0.2) is 24.3 Å². The number of ether oxygens (including phenoxy) is 1. The van der Waals surface area contributed by atoms with Gasteiger partial charge in [0.05, 0.1) is 5.56 Å². The molecule has 166 valence electrons. The Hall–Kier alpha value is -2.66. The van der Waals surface area contributed by atoms with Gasteiger partial charge >= 0.3 is 12.3 Å². The summed E-state index contributed by atoms with van der Waals surface area (Å²) < 4.78 is 43.4. The molecular weight excluding hydrogens is 409 g/mol. The van der Waals surface area contributed by atoms with Gasteiger partial charge in [-0.2, -0.15) is 13.2 Å². The molecule has 0 aromatic heterocycles. The molecule has 1 saturated heterocycles. The van der Waals surface area contributed by atoms with Crippen LogP contribution in [0.2, 0.25) is 0 Å². The SMILES string of the molecule is CO[C@](C=O)(NC(=O)C1(Cc2ccc(C(F)(F)F)cc2)CCCN1C(=O)O)[C@H](C)O. The van der Waals surface area contributed by atoms with Crippen LogP contribution in [0.4, 0.5) is 18.0 Å². The van der Waals surface area contributed by atoms with Crippen molar-refractivity contribution >= 4 is 18.3 Å². The van der Waals surface area contributed by atoms with Crippen LogP contribution in [0.3, 0.4) is 0 Å². The molecule has 1 unspecified atom stereocenters. The number of rotatable bonds is 7. The molecule has 1 aliphatic rings. The lowest BCUT2D eigenvalue weighted by Gasteiger charge is -2.39. The Labute approximate surface area is 170 Å². The lowest BCUT2D eigenvalue weighted by Crippen LogP contribution is -2.66. The van der Waals surface area contributed by atoms with E-state index in [-0.39, 0.29) is 25.7 Å². The molecule has 0 radical (unpaired) electrons. The molecule has 3 atom stereocenters. The maximum Gasteiger partial charge on any atom is 0.416 e. The normalized spacial score (nSPS) is 22.3. The number of carbonyl (C=O) groups is 3. The number of halogens is 3. The second-order valence-electron chi connectivity index (χ2n) is 7.19. The largest absolute Gasteiger partial charge is 0.465 e. The zero-order chi connectivity index (χ0) is 22.7. The smallest absolute Gasteiger partial charge is 0.416 e. The summed E-state index contributed by atoms with van der Waals surface area (Å²) in [4.78, 5) is 37.4. The van der Waals surface area contributed by atoms with Crippen molar-refractivity contribution in [3.8, 4) is 0 Å². The number of likely N-dealkylation sites (tertiary alicyclic amines) is 1. The molecule has 0 bridgehead atoms. The minimum absolute atomic E-state index is 0.0269. The van der Waals surface area contributed by atoms with E-state index in [4.69, 9.17) is 4.74 Å². The van der Waals surface area contributed by atoms with E-state index < -0.39 is 41.1 Å². The number of aliphatic hydroxyl groups excluding tert-OH is 1. The van der Waals surface area contributed by atoms with Crippen LogP contribution in [0.5, 0.6) is 0 Å². The molecule has 2 amide bonds. The van der Waals surface area contributed by atoms with E-state index in [1.807, 2.05) is 0 Å². The average molecular weight is 432 g/mol. The van der Waals surface area contributed by atoms with Crippen LogP contribution in [-0.4, -0.2) is 64.4 Å². The van der Waals surface area contributed by atoms with Crippen molar-refractivity contribution in [1.82, 2.24) is 10.2 Å². The van der Waals surface area contributed by atoms with E-state index >= 15 is 0 Å². The molecule has 3 N–H and O–H groups in total. The Kier molecular flexibility index (Phi) is 6.77. The number of hydrogen-bond acceptors (Lipinski definition) is 5. The zero-order valence-electron chi connectivity index (χ0n) is 16.4. The fourth-order valence-electron chi connectivity index (χ4n) is 3.60. The number of benzene rings is 1. The summed E-state index contributed by atoms with van der Waals surface area (Å²) in [5.74, 6) is -0.892. The standard InChI is InChI=1S/C19H23F3N2O6/c1-12(26)18(11-25,30-2)23-15(27)17(8-3-9-24(17)16(28)29)10-13-4-6-14(7-5-13)19(20,21)22/h4-7,11-12,26H,3,8-10H2,1-2H3,(H,23,27)(H,28,29)/t12-,17?,18-/m0/s1. The number of alkyl halides is 3. The highest BCUT2D eigenvalue weighted by atomic mass is 19.4. The van der Waals surface area contributed by atoms with Crippen molar-refractivity contribution < 1.29 is 42.5 Å². The lowest BCUT2D eigenvalue weighted by molar-refractivity contribution is -0.161. The molecule has 0 saturated carbocycles. The lowest BCUT2D eigenvalue weighted by atomic mass is 9.86. The molecule has 0 spiro atoms. The fourth-order valence-corrected chi connectivity index (χ4v) is 3.60. The molecule has 1 heterocycles. The maximum absolute atomic E-state index is 13.2. The zero-order valence-corrected chi connectivity index (χ0v) is 16.4. The molecule has 2 rings (SSSR count). The third-order valence-corrected chi connectivity index (χ3v) is 5.36. The number of aliphatic hydroxyl groups is 1. The number of carboxylic acid groups (broad SMARTS) is 1. The van der Waals surface area contributed by atoms with Gasteiger partial charge in [-0.25, -0.2) is 4.79 Å². The fraction of sp³-hybridized carbons (Fsp3) is 0.526. The second kappa shape index (κ2) is 8.60. The van der Waals surface area contributed by atoms with Crippen molar-refractivity contribution in [1.29, 1.82) is 0 Å². The van der Waals surface area contributed by atoms with Gasteiger partial charge in [0, 0.05) is 20.1 Å². The third kappa shape index (κ3) is 4.41. The van der Waals surface area contributed by atoms with E-state index in [1.54, 1.807) is 0 Å². The quantitative estimate of drug-likeness (QED) is 0.447. The van der Waals surface area contributed by atoms with Crippen LogP contribution in [-0.2, 0) is 26.9 Å². The van der Waals surface area contributed by atoms with Crippen LogP contribution in [0.1, 0.15) is 30.9 Å². The van der Waals surface area contributed by atoms with E-state index in [2.05, 4.69) is 5.32 Å². The summed E-state index contributed by atoms with van der Waals surface area (Å²) in [5, 5.41) is 21.8. The Morgan fingerprint density at radius 2 is 1.93 bits per heavy atom. The first-order chi connectivity index (χ1) is 13.9. The minimum Gasteiger partial charge on any atom is -0.465 e. The number of carbonyl (C=O) groups excluding carboxylic acids is 2. The summed E-state index contributed by atoms with van der Waals surface area (Å²) in [6.07, 6.45) is -7.00. The van der Waals surface area contributed by atoms with E-state index in [0.29, 0.717) is 12.0 Å². The Morgan fingerprint density at radius 1 is 1.33 bits per heavy atom. The summed E-state index contributed by atoms with van der Waals surface area (Å²) in [6, 6.07) is 4.05. The van der Waals surface area contributed by atoms with Gasteiger partial charge in [0.2, 0.25) is 11.6 Å². The molecule has 30 heavy (non-hydrogen) atoms. The number of nitrogens with one attached hydrogen (secondary N) is 1. The predicted molar refractivity (Wildman–Crippen MR) is 97.5 cm³/mol. The van der Waals surface area contributed by atoms with Crippen molar-refractivity contribution in [3.63, 3.8) is 0 Å². The van der Waals surface area contributed by atoms with Gasteiger partial charge in [-0.1, -0.05) is 12.1 Å². The summed E-state index contributed by atoms with van der Waals surface area (Å²) >= 11 is 0. The van der Waals surface area contributed by atoms with Gasteiger partial charge < -0.3 is 20.3 Å². The van der Waals surface area contributed by atoms with Gasteiger partial charge in [0.15, 0.2) is 6.29 Å². The van der Waals surface area contributed by atoms with Crippen LogP contribution >= 0.6 is 0 Å². The first-order valence-electron chi connectivity index (χ1n) is 9.11. The maximum atomic E-state index is 13.2. The van der Waals surface area contributed by atoms with E-state index in [9.17, 15) is 37.8 Å². The molecular formula is C19H23F3N2O6. The summed E-state index contributed by atoms with van der Waals surface area (Å²) in [5.41, 5.74) is -4.36. The number of amides is 2. The molecule has 0 aliphatic carbocycles. The number of nitrogens with zero attached hydrogens (tertiary/aromatic N) is 1. The minimum atomic E-state index is -4.53. The first kappa shape index (κ1) is 23.6. The van der Waals surface area contributed by atoms with Crippen molar-refractivity contribution in [2.75, 3.05) is 13.7 Å². The topological polar surface area (TPSA) is 116 Å². The predicted octanol–water partition coefficient (Wildman–Crippen LogP) is 1.80. The molecule has 1 aromatic carbocycles. The highest BCUT2D eigenvalue weighted by Gasteiger charge is 2.52. The van der Waals surface area contributed by atoms with Crippen molar-refractivity contribution in [2.45, 2.75) is 49.7 Å². The second-order valence-corrected chi connectivity index (χ2v) is 7.19. The molecule has 1 aromatic rings. The Balaban J connectivity index is 2.43. The van der Waals surface area contributed by atoms with Crippen LogP contribution in [0, 0.1) is 0 Å². The van der Waals surface area contributed by atoms with Gasteiger partial charge in [-0.15, -0.1) is 0 Å². The van der Waals surface area contributed by atoms with Gasteiger partial charge in [0.1, 0.15) is 11.6 Å². The van der Waals surface area contributed by atoms with E-state index in [0.717, 1.165) is 24.1 Å². The summed E-state index contributed by atoms with van der Waals surface area (Å²) in [7, 11) is 1.09. The third-order valence-electron chi connectivity index (χ3n) is 5.36. The number of aldehydes is 1. The number of methoxy groups -OCH3 is 1. The summed E-state index contributed by atoms with van der Waals surface area (Å²) in [6.45, 7) is 1.24. The highest BCUT2D eigenvalue weighted by Crippen LogP contribution is 2.35. The Morgan fingerprint density at radius 3 is 2.37 bits per heavy atom. The van der Waals surface area contributed by atoms with Crippen molar-refractivity contribution in [2.24, 2.45) is 0 Å². The first-order valence-corrected chi connectivity index (χ1v) is 9.11. The molecule has 11 heteroatoms. The van der Waals surface area contributed by atoms with E-state index in [1.165, 1.54) is 19.1 Å². The molecule has 1 aliphatic heterocycles. The monoisotopic (exact) mass is 432 g/mol. The van der Waals surface area contributed by atoms with Crippen LogP contribution < -0.4 is 5.32 Å². The van der Waals surface area contributed by atoms with Gasteiger partial charge in [-0.3, -0.25) is 14.5 Å². The Bertz CT molecular complexity index is 798. The van der Waals surface area contributed by atoms with Gasteiger partial charge in [-0.05, 0) is 37.5 Å². The van der Waals surface area contributed by atoms with Gasteiger partial charge in [0.25, 0.3) is 0 Å². The average Bonchev–Trinajstić information content (AvgIpc) is 3.10.